The second-order valence-electron chi connectivity index (χ2n) is 10.8. The lowest BCUT2D eigenvalue weighted by atomic mass is 10.2. The summed E-state index contributed by atoms with van der Waals surface area (Å²) in [5, 5.41) is 3.12. The van der Waals surface area contributed by atoms with Crippen LogP contribution in [0.1, 0.15) is 51.6 Å². The quantitative estimate of drug-likeness (QED) is 0.634. The average Bonchev–Trinajstić information content (AvgIpc) is 3.60. The zero-order chi connectivity index (χ0) is 26.4. The Bertz CT molecular complexity index is 1180. The molecule has 4 heterocycles. The van der Waals surface area contributed by atoms with Crippen molar-refractivity contribution in [3.8, 4) is 0 Å². The van der Waals surface area contributed by atoms with Crippen molar-refractivity contribution in [1.29, 1.82) is 0 Å². The molecule has 5 rings (SSSR count). The number of aromatic nitrogens is 3. The summed E-state index contributed by atoms with van der Waals surface area (Å²) in [7, 11) is 0. The maximum absolute atomic E-state index is 14.0. The number of hydrogen-bond acceptors (Lipinski definition) is 9. The van der Waals surface area contributed by atoms with Crippen LogP contribution in [0.3, 0.4) is 0 Å². The molecule has 2 saturated heterocycles. The van der Waals surface area contributed by atoms with E-state index in [4.69, 9.17) is 4.74 Å². The summed E-state index contributed by atoms with van der Waals surface area (Å²) in [4.78, 5) is 43.1. The summed E-state index contributed by atoms with van der Waals surface area (Å²) < 4.78 is 33.3. The molecule has 1 saturated carbocycles. The van der Waals surface area contributed by atoms with Gasteiger partial charge in [0.1, 0.15) is 23.1 Å². The van der Waals surface area contributed by atoms with E-state index < -0.39 is 30.1 Å². The van der Waals surface area contributed by atoms with Crippen LogP contribution in [0.25, 0.3) is 0 Å². The fourth-order valence-electron chi connectivity index (χ4n) is 4.37. The van der Waals surface area contributed by atoms with Crippen molar-refractivity contribution in [2.75, 3.05) is 47.8 Å². The lowest BCUT2D eigenvalue weighted by Gasteiger charge is -2.35. The van der Waals surface area contributed by atoms with Gasteiger partial charge < -0.3 is 19.9 Å². The number of piperazine rings is 1. The smallest absolute Gasteiger partial charge is 0.417 e. The number of carbonyl (C=O) groups excluding carboxylic acids is 2. The third-order valence-electron chi connectivity index (χ3n) is 6.41. The molecule has 12 heteroatoms. The van der Waals surface area contributed by atoms with Crippen LogP contribution in [0.15, 0.2) is 24.5 Å². The van der Waals surface area contributed by atoms with Crippen LogP contribution in [0.5, 0.6) is 0 Å². The number of anilines is 4. The average molecular weight is 516 g/mol. The van der Waals surface area contributed by atoms with Crippen LogP contribution in [-0.2, 0) is 9.53 Å². The standard InChI is InChI=1S/C25H31F2N7O3/c1-24(2,3)37-23(36)34-9-8-32(14-22(34)35)17-10-19(30-20-13-28-18(12-29-20)16-4-5-16)31-21(11-17)33-7-6-25(26,27)15-33/h10-13,16H,4-9,14-15H2,1-3H3,(H,29,30,31). The summed E-state index contributed by atoms with van der Waals surface area (Å²) in [6.45, 7) is 5.41. The maximum Gasteiger partial charge on any atom is 0.417 e. The molecule has 198 valence electrons. The van der Waals surface area contributed by atoms with Crippen molar-refractivity contribution < 1.29 is 23.1 Å². The Morgan fingerprint density at radius 1 is 1.08 bits per heavy atom. The first-order valence-corrected chi connectivity index (χ1v) is 12.5. The Labute approximate surface area is 214 Å². The van der Waals surface area contributed by atoms with E-state index in [2.05, 4.69) is 20.3 Å². The van der Waals surface area contributed by atoms with Gasteiger partial charge in [-0.1, -0.05) is 0 Å². The number of alkyl halides is 2. The van der Waals surface area contributed by atoms with Crippen molar-refractivity contribution in [1.82, 2.24) is 19.9 Å². The molecular weight excluding hydrogens is 484 g/mol. The molecule has 10 nitrogen and oxygen atoms in total. The van der Waals surface area contributed by atoms with Gasteiger partial charge in [-0.15, -0.1) is 0 Å². The first-order valence-electron chi connectivity index (χ1n) is 12.5. The van der Waals surface area contributed by atoms with Gasteiger partial charge in [-0.05, 0) is 33.6 Å². The van der Waals surface area contributed by atoms with Crippen molar-refractivity contribution in [3.05, 3.63) is 30.2 Å². The fraction of sp³-hybridized carbons (Fsp3) is 0.560. The van der Waals surface area contributed by atoms with Crippen LogP contribution in [-0.4, -0.2) is 76.1 Å². The zero-order valence-corrected chi connectivity index (χ0v) is 21.2. The second-order valence-corrected chi connectivity index (χ2v) is 10.8. The van der Waals surface area contributed by atoms with E-state index in [1.807, 2.05) is 0 Å². The van der Waals surface area contributed by atoms with Crippen LogP contribution < -0.4 is 15.1 Å². The van der Waals surface area contributed by atoms with Gasteiger partial charge in [0.25, 0.3) is 11.8 Å². The highest BCUT2D eigenvalue weighted by Crippen LogP contribution is 2.39. The number of amides is 2. The molecule has 2 amide bonds. The van der Waals surface area contributed by atoms with Crippen LogP contribution >= 0.6 is 0 Å². The Morgan fingerprint density at radius 2 is 1.86 bits per heavy atom. The first kappa shape index (κ1) is 25.1. The van der Waals surface area contributed by atoms with Crippen LogP contribution in [0.4, 0.5) is 36.7 Å². The van der Waals surface area contributed by atoms with Gasteiger partial charge >= 0.3 is 6.09 Å². The number of ether oxygens (including phenoxy) is 1. The molecule has 2 aromatic rings. The highest BCUT2D eigenvalue weighted by molar-refractivity contribution is 5.95. The molecule has 0 aromatic carbocycles. The predicted molar refractivity (Wildman–Crippen MR) is 133 cm³/mol. The number of halogens is 2. The lowest BCUT2D eigenvalue weighted by molar-refractivity contribution is -0.130. The predicted octanol–water partition coefficient (Wildman–Crippen LogP) is 3.92. The molecule has 3 fully saturated rings. The third kappa shape index (κ3) is 6.05. The van der Waals surface area contributed by atoms with Gasteiger partial charge in [-0.25, -0.2) is 28.4 Å². The van der Waals surface area contributed by atoms with Gasteiger partial charge in [0, 0.05) is 49.8 Å². The largest absolute Gasteiger partial charge is 0.443 e. The molecule has 0 radical (unpaired) electrons. The van der Waals surface area contributed by atoms with Crippen LogP contribution in [0.2, 0.25) is 0 Å². The molecular formula is C25H31F2N7O3. The summed E-state index contributed by atoms with van der Waals surface area (Å²) in [6, 6.07) is 3.44. The Morgan fingerprint density at radius 3 is 2.46 bits per heavy atom. The van der Waals surface area contributed by atoms with E-state index in [9.17, 15) is 18.4 Å². The van der Waals surface area contributed by atoms with E-state index >= 15 is 0 Å². The molecule has 2 aliphatic heterocycles. The lowest BCUT2D eigenvalue weighted by Crippen LogP contribution is -2.53. The Kier molecular flexibility index (Phi) is 6.36. The summed E-state index contributed by atoms with van der Waals surface area (Å²) in [5.74, 6) is -1.45. The highest BCUT2D eigenvalue weighted by Gasteiger charge is 2.39. The SMILES string of the molecule is CC(C)(C)OC(=O)N1CCN(c2cc(Nc3cnc(C4CC4)cn3)nc(N3CCC(F)(F)C3)c2)CC1=O. The summed E-state index contributed by atoms with van der Waals surface area (Å²) >= 11 is 0. The minimum absolute atomic E-state index is 0.0613. The molecule has 1 aliphatic carbocycles. The van der Waals surface area contributed by atoms with Crippen molar-refractivity contribution in [2.45, 2.75) is 57.5 Å². The van der Waals surface area contributed by atoms with E-state index in [1.54, 1.807) is 50.2 Å². The van der Waals surface area contributed by atoms with Gasteiger partial charge in [0.05, 0.1) is 31.2 Å². The Balaban J connectivity index is 1.37. The van der Waals surface area contributed by atoms with Gasteiger partial charge in [-0.3, -0.25) is 9.78 Å². The highest BCUT2D eigenvalue weighted by atomic mass is 19.3. The van der Waals surface area contributed by atoms with Gasteiger partial charge in [0.15, 0.2) is 0 Å². The van der Waals surface area contributed by atoms with E-state index in [1.165, 1.54) is 4.90 Å². The number of nitrogens with zero attached hydrogens (tertiary/aromatic N) is 6. The van der Waals surface area contributed by atoms with Crippen molar-refractivity contribution in [2.24, 2.45) is 0 Å². The maximum atomic E-state index is 14.0. The van der Waals surface area contributed by atoms with E-state index in [0.717, 1.165) is 23.4 Å². The number of nitrogens with one attached hydrogen (secondary N) is 1. The minimum Gasteiger partial charge on any atom is -0.443 e. The molecule has 1 N–H and O–H groups in total. The van der Waals surface area contributed by atoms with Gasteiger partial charge in [-0.2, -0.15) is 0 Å². The van der Waals surface area contributed by atoms with Crippen LogP contribution in [0, 0.1) is 0 Å². The normalized spacial score (nSPS) is 19.8. The molecule has 0 spiro atoms. The monoisotopic (exact) mass is 515 g/mol. The third-order valence-corrected chi connectivity index (χ3v) is 6.41. The van der Waals surface area contributed by atoms with Gasteiger partial charge in [0.2, 0.25) is 0 Å². The van der Waals surface area contributed by atoms with E-state index in [0.29, 0.717) is 35.6 Å². The topological polar surface area (TPSA) is 104 Å². The fourth-order valence-corrected chi connectivity index (χ4v) is 4.37. The number of hydrogen-bond donors (Lipinski definition) is 1. The Hall–Kier alpha value is -3.57. The number of rotatable bonds is 5. The molecule has 37 heavy (non-hydrogen) atoms. The summed E-state index contributed by atoms with van der Waals surface area (Å²) in [6.07, 6.45) is 4.68. The summed E-state index contributed by atoms with van der Waals surface area (Å²) in [5.41, 5.74) is 0.864. The number of pyridine rings is 1. The molecule has 2 aromatic heterocycles. The van der Waals surface area contributed by atoms with Crippen molar-refractivity contribution in [3.63, 3.8) is 0 Å². The van der Waals surface area contributed by atoms with Crippen molar-refractivity contribution >= 4 is 35.1 Å². The first-order chi connectivity index (χ1) is 17.5. The second kappa shape index (κ2) is 9.38. The molecule has 3 aliphatic rings. The molecule has 0 bridgehead atoms. The minimum atomic E-state index is -2.79. The zero-order valence-electron chi connectivity index (χ0n) is 21.2. The number of imide groups is 1. The molecule has 0 unspecified atom stereocenters. The number of carbonyl (C=O) groups is 2. The van der Waals surface area contributed by atoms with E-state index in [-0.39, 0.29) is 26.1 Å². The molecule has 0 atom stereocenters.